The van der Waals surface area contributed by atoms with Crippen LogP contribution in [-0.2, 0) is 4.74 Å². The lowest BCUT2D eigenvalue weighted by molar-refractivity contribution is 0.0507. The largest absolute Gasteiger partial charge is 0.444 e. The van der Waals surface area contributed by atoms with Gasteiger partial charge in [0.25, 0.3) is 0 Å². The minimum absolute atomic E-state index is 0.0371. The number of fused-ring (bicyclic) bond motifs is 1. The van der Waals surface area contributed by atoms with E-state index >= 15 is 0 Å². The first kappa shape index (κ1) is 20.8. The van der Waals surface area contributed by atoms with Crippen molar-refractivity contribution in [2.75, 3.05) is 6.54 Å². The van der Waals surface area contributed by atoms with Gasteiger partial charge in [0, 0.05) is 24.1 Å². The maximum absolute atomic E-state index is 12.2. The van der Waals surface area contributed by atoms with Crippen molar-refractivity contribution in [2.24, 2.45) is 15.8 Å². The topological polar surface area (TPSA) is 53.9 Å². The van der Waals surface area contributed by atoms with E-state index < -0.39 is 5.60 Å². The second-order valence-corrected chi connectivity index (χ2v) is 10.6. The molecule has 5 heteroatoms. The summed E-state index contributed by atoms with van der Waals surface area (Å²) < 4.78 is 5.45. The van der Waals surface area contributed by atoms with Gasteiger partial charge >= 0.3 is 6.09 Å². The third kappa shape index (κ3) is 4.60. The maximum atomic E-state index is 12.2. The Morgan fingerprint density at radius 3 is 2.12 bits per heavy atom. The Labute approximate surface area is 159 Å². The number of nitrogens with one attached hydrogen (secondary N) is 1. The molecule has 1 fully saturated rings. The van der Waals surface area contributed by atoms with Crippen LogP contribution in [0.15, 0.2) is 16.3 Å². The highest BCUT2D eigenvalue weighted by Gasteiger charge is 2.43. The first-order valence-electron chi connectivity index (χ1n) is 9.68. The van der Waals surface area contributed by atoms with Crippen molar-refractivity contribution in [2.45, 2.75) is 93.3 Å². The summed E-state index contributed by atoms with van der Waals surface area (Å²) in [5.41, 5.74) is 2.22. The molecule has 0 unspecified atom stereocenters. The molecule has 0 saturated carbocycles. The van der Waals surface area contributed by atoms with Crippen LogP contribution in [0, 0.1) is 10.8 Å². The Hall–Kier alpha value is -1.52. The van der Waals surface area contributed by atoms with E-state index in [4.69, 9.17) is 9.73 Å². The lowest BCUT2D eigenvalue weighted by Crippen LogP contribution is -2.45. The van der Waals surface area contributed by atoms with Crippen LogP contribution in [0.1, 0.15) is 75.7 Å². The Bertz CT molecular complexity index is 627. The molecule has 0 aliphatic carbocycles. The first-order chi connectivity index (χ1) is 11.6. The van der Waals surface area contributed by atoms with E-state index in [1.807, 2.05) is 20.8 Å². The fourth-order valence-electron chi connectivity index (χ4n) is 4.00. The van der Waals surface area contributed by atoms with Gasteiger partial charge in [-0.05, 0) is 38.7 Å². The van der Waals surface area contributed by atoms with Gasteiger partial charge in [-0.2, -0.15) is 0 Å². The van der Waals surface area contributed by atoms with Crippen LogP contribution in [0.25, 0.3) is 0 Å². The number of carbonyl (C=O) groups is 1. The zero-order valence-electron chi connectivity index (χ0n) is 18.3. The van der Waals surface area contributed by atoms with Crippen LogP contribution < -0.4 is 5.32 Å². The van der Waals surface area contributed by atoms with Gasteiger partial charge in [0.1, 0.15) is 11.4 Å². The standard InChI is InChI=1S/C21H37N3O2/c1-13-16(19(2,3)4)15-11-14(23-18(25)26-21(8,9)10)12-24(15)17(22-13)20(5,6)7/h13-14H,11-12H2,1-10H3,(H,23,25)/t13-,14+/m0/s1. The monoisotopic (exact) mass is 363 g/mol. The highest BCUT2D eigenvalue weighted by Crippen LogP contribution is 2.42. The van der Waals surface area contributed by atoms with Crippen LogP contribution >= 0.6 is 0 Å². The fourth-order valence-corrected chi connectivity index (χ4v) is 4.00. The molecule has 0 aromatic carbocycles. The molecule has 0 spiro atoms. The summed E-state index contributed by atoms with van der Waals surface area (Å²) >= 11 is 0. The second-order valence-electron chi connectivity index (χ2n) is 10.6. The summed E-state index contributed by atoms with van der Waals surface area (Å²) in [4.78, 5) is 19.6. The summed E-state index contributed by atoms with van der Waals surface area (Å²) in [5, 5.41) is 3.06. The van der Waals surface area contributed by atoms with Crippen molar-refractivity contribution < 1.29 is 9.53 Å². The van der Waals surface area contributed by atoms with Crippen molar-refractivity contribution in [1.82, 2.24) is 10.2 Å². The number of ether oxygens (including phenoxy) is 1. The number of hydrogen-bond acceptors (Lipinski definition) is 4. The quantitative estimate of drug-likeness (QED) is 0.732. The first-order valence-corrected chi connectivity index (χ1v) is 9.68. The lowest BCUT2D eigenvalue weighted by atomic mass is 9.79. The minimum atomic E-state index is -0.488. The van der Waals surface area contributed by atoms with Gasteiger partial charge in [-0.1, -0.05) is 41.5 Å². The number of rotatable bonds is 1. The van der Waals surface area contributed by atoms with Crippen LogP contribution in [0.5, 0.6) is 0 Å². The summed E-state index contributed by atoms with van der Waals surface area (Å²) in [6.07, 6.45) is 0.480. The highest BCUT2D eigenvalue weighted by atomic mass is 16.6. The van der Waals surface area contributed by atoms with E-state index in [0.717, 1.165) is 18.8 Å². The Morgan fingerprint density at radius 1 is 1.08 bits per heavy atom. The number of amidine groups is 1. The summed E-state index contributed by atoms with van der Waals surface area (Å²) in [6.45, 7) is 21.9. The smallest absolute Gasteiger partial charge is 0.407 e. The molecule has 0 radical (unpaired) electrons. The number of alkyl carbamates (subject to hydrolysis) is 1. The fraction of sp³-hybridized carbons (Fsp3) is 0.810. The zero-order chi connectivity index (χ0) is 20.1. The molecule has 2 aliphatic heterocycles. The van der Waals surface area contributed by atoms with Gasteiger partial charge in [0.05, 0.1) is 12.1 Å². The molecule has 0 aromatic heterocycles. The average Bonchev–Trinajstić information content (AvgIpc) is 2.74. The van der Waals surface area contributed by atoms with Crippen molar-refractivity contribution in [3.8, 4) is 0 Å². The summed E-state index contributed by atoms with van der Waals surface area (Å²) in [5.74, 6) is 1.11. The number of nitrogens with zero attached hydrogens (tertiary/aromatic N) is 2. The molecule has 148 valence electrons. The number of aliphatic imine (C=N–C) groups is 1. The van der Waals surface area contributed by atoms with Crippen molar-refractivity contribution in [3.63, 3.8) is 0 Å². The molecule has 2 rings (SSSR count). The molecule has 26 heavy (non-hydrogen) atoms. The molecule has 2 heterocycles. The Morgan fingerprint density at radius 2 is 1.65 bits per heavy atom. The summed E-state index contributed by atoms with van der Waals surface area (Å²) in [7, 11) is 0. The van der Waals surface area contributed by atoms with Crippen molar-refractivity contribution >= 4 is 11.9 Å². The molecule has 2 aliphatic rings. The molecule has 1 N–H and O–H groups in total. The molecule has 2 atom stereocenters. The van der Waals surface area contributed by atoms with Crippen LogP contribution in [0.3, 0.4) is 0 Å². The molecular formula is C21H37N3O2. The van der Waals surface area contributed by atoms with Crippen LogP contribution in [0.4, 0.5) is 4.79 Å². The zero-order valence-corrected chi connectivity index (χ0v) is 18.3. The average molecular weight is 364 g/mol. The number of carbonyl (C=O) groups excluding carboxylic acids is 1. The Kier molecular flexibility index (Phi) is 5.26. The van der Waals surface area contributed by atoms with Crippen molar-refractivity contribution in [1.29, 1.82) is 0 Å². The predicted molar refractivity (Wildman–Crippen MR) is 107 cm³/mol. The van der Waals surface area contributed by atoms with Crippen LogP contribution in [0.2, 0.25) is 0 Å². The molecular weight excluding hydrogens is 326 g/mol. The molecule has 0 aromatic rings. The highest BCUT2D eigenvalue weighted by molar-refractivity contribution is 5.90. The van der Waals surface area contributed by atoms with E-state index in [1.54, 1.807) is 0 Å². The number of hydrogen-bond donors (Lipinski definition) is 1. The SMILES string of the molecule is C[C@@H]1N=C(C(C)(C)C)N2C[C@H](NC(=O)OC(C)(C)C)CC2=C1C(C)(C)C. The van der Waals surface area contributed by atoms with E-state index in [0.29, 0.717) is 0 Å². The van der Waals surface area contributed by atoms with Gasteiger partial charge in [0.2, 0.25) is 0 Å². The van der Waals surface area contributed by atoms with E-state index in [2.05, 4.69) is 58.7 Å². The summed E-state index contributed by atoms with van der Waals surface area (Å²) in [6, 6.07) is 0.200. The second kappa shape index (κ2) is 6.58. The van der Waals surface area contributed by atoms with E-state index in [9.17, 15) is 4.79 Å². The molecule has 0 bridgehead atoms. The van der Waals surface area contributed by atoms with Gasteiger partial charge in [-0.3, -0.25) is 4.99 Å². The molecule has 5 nitrogen and oxygen atoms in total. The third-order valence-electron chi connectivity index (χ3n) is 4.67. The van der Waals surface area contributed by atoms with Gasteiger partial charge in [-0.25, -0.2) is 4.79 Å². The van der Waals surface area contributed by atoms with Crippen LogP contribution in [-0.4, -0.2) is 41.1 Å². The maximum Gasteiger partial charge on any atom is 0.407 e. The minimum Gasteiger partial charge on any atom is -0.444 e. The Balaban J connectivity index is 2.32. The van der Waals surface area contributed by atoms with Crippen molar-refractivity contribution in [3.05, 3.63) is 11.3 Å². The third-order valence-corrected chi connectivity index (χ3v) is 4.67. The van der Waals surface area contributed by atoms with E-state index in [1.165, 1.54) is 11.3 Å². The molecule has 1 saturated heterocycles. The van der Waals surface area contributed by atoms with Gasteiger partial charge in [-0.15, -0.1) is 0 Å². The lowest BCUT2D eigenvalue weighted by Gasteiger charge is -2.41. The van der Waals surface area contributed by atoms with E-state index in [-0.39, 0.29) is 29.0 Å². The van der Waals surface area contributed by atoms with Gasteiger partial charge < -0.3 is 15.0 Å². The van der Waals surface area contributed by atoms with Gasteiger partial charge in [0.15, 0.2) is 0 Å². The molecule has 1 amide bonds. The number of amides is 1. The normalized spacial score (nSPS) is 24.4. The predicted octanol–water partition coefficient (Wildman–Crippen LogP) is 4.73.